The number of ether oxygens (including phenoxy) is 2. The maximum Gasteiger partial charge on any atom is 0.319 e. The van der Waals surface area contributed by atoms with E-state index in [1.54, 1.807) is 12.3 Å². The largest absolute Gasteiger partial charge is 0.386 e. The molecule has 3 aliphatic heterocycles. The fourth-order valence-electron chi connectivity index (χ4n) is 5.34. The minimum absolute atomic E-state index is 0.0187. The van der Waals surface area contributed by atoms with Crippen molar-refractivity contribution in [1.82, 2.24) is 34.1 Å². The predicted octanol–water partition coefficient (Wildman–Crippen LogP) is -0.129. The third kappa shape index (κ3) is 4.82. The lowest BCUT2D eigenvalue weighted by atomic mass is 10.1. The zero-order valence-electron chi connectivity index (χ0n) is 21.4. The van der Waals surface area contributed by atoms with Gasteiger partial charge in [0.2, 0.25) is 5.95 Å². The lowest BCUT2D eigenvalue weighted by molar-refractivity contribution is -0.0561. The molecule has 0 aliphatic carbocycles. The van der Waals surface area contributed by atoms with Crippen molar-refractivity contribution in [3.63, 3.8) is 0 Å². The van der Waals surface area contributed by atoms with Gasteiger partial charge < -0.3 is 48.7 Å². The summed E-state index contributed by atoms with van der Waals surface area (Å²) in [7, 11) is -6.38. The van der Waals surface area contributed by atoms with Crippen molar-refractivity contribution in [3.05, 3.63) is 35.3 Å². The van der Waals surface area contributed by atoms with Crippen LogP contribution in [-0.2, 0) is 36.7 Å². The maximum absolute atomic E-state index is 13.0. The zero-order valence-corrected chi connectivity index (χ0v) is 23.4. The quantitative estimate of drug-likeness (QED) is 0.212. The SMILES string of the molecule is Nc1nc2c(ncn2[C@@H]2O[C@@H]3CO[PH](=O)O[C@H]4[C@@H](O)[C@H](n5ccc6c(N)ncnc65)O[C@@H]4CO[PH](=O)O[C@@H]2C3)c(=O)[nH]1. The highest BCUT2D eigenvalue weighted by Crippen LogP contribution is 2.44. The van der Waals surface area contributed by atoms with E-state index in [9.17, 15) is 19.0 Å². The van der Waals surface area contributed by atoms with E-state index in [0.29, 0.717) is 11.0 Å². The molecule has 2 unspecified atom stereocenters. The predicted molar refractivity (Wildman–Crippen MR) is 143 cm³/mol. The van der Waals surface area contributed by atoms with Gasteiger partial charge in [0, 0.05) is 12.6 Å². The summed E-state index contributed by atoms with van der Waals surface area (Å²) in [5.74, 6) is 0.113. The molecule has 4 aromatic rings. The Morgan fingerprint density at radius 3 is 2.64 bits per heavy atom. The zero-order chi connectivity index (χ0) is 29.1. The summed E-state index contributed by atoms with van der Waals surface area (Å²) in [4.78, 5) is 31.0. The number of aliphatic hydroxyl groups excluding tert-OH is 1. The van der Waals surface area contributed by atoms with Crippen LogP contribution >= 0.6 is 16.5 Å². The molecule has 3 saturated heterocycles. The van der Waals surface area contributed by atoms with Crippen LogP contribution in [0.15, 0.2) is 29.7 Å². The van der Waals surface area contributed by atoms with Crippen LogP contribution in [0.4, 0.5) is 11.8 Å². The Balaban J connectivity index is 1.14. The van der Waals surface area contributed by atoms with Crippen LogP contribution in [0.5, 0.6) is 0 Å². The van der Waals surface area contributed by atoms with E-state index >= 15 is 0 Å². The van der Waals surface area contributed by atoms with Crippen molar-refractivity contribution >= 4 is 50.5 Å². The summed E-state index contributed by atoms with van der Waals surface area (Å²) in [6.45, 7) is -0.528. The second-order valence-corrected chi connectivity index (χ2v) is 11.8. The molecule has 0 radical (unpaired) electrons. The fourth-order valence-corrected chi connectivity index (χ4v) is 7.07. The van der Waals surface area contributed by atoms with Gasteiger partial charge in [0.25, 0.3) is 5.56 Å². The van der Waals surface area contributed by atoms with E-state index in [1.807, 2.05) is 0 Å². The molecule has 224 valence electrons. The van der Waals surface area contributed by atoms with Crippen molar-refractivity contribution in [2.75, 3.05) is 24.7 Å². The van der Waals surface area contributed by atoms with Crippen molar-refractivity contribution < 1.29 is 41.8 Å². The lowest BCUT2D eigenvalue weighted by Gasteiger charge is -2.23. The first kappa shape index (κ1) is 27.6. The van der Waals surface area contributed by atoms with Gasteiger partial charge in [-0.05, 0) is 6.07 Å². The molecular formula is C21H25N9O10P2. The molecule has 0 saturated carbocycles. The molecule has 0 aromatic carbocycles. The molecule has 6 N–H and O–H groups in total. The minimum atomic E-state index is -3.19. The first-order valence-corrected chi connectivity index (χ1v) is 15.2. The number of aliphatic hydroxyl groups is 1. The number of imidazole rings is 1. The number of rotatable bonds is 2. The van der Waals surface area contributed by atoms with Gasteiger partial charge in [-0.2, -0.15) is 4.98 Å². The number of H-pyrrole nitrogens is 1. The molecule has 42 heavy (non-hydrogen) atoms. The van der Waals surface area contributed by atoms with E-state index in [-0.39, 0.29) is 42.6 Å². The molecule has 0 amide bonds. The molecule has 19 nitrogen and oxygen atoms in total. The van der Waals surface area contributed by atoms with Crippen LogP contribution in [0.2, 0.25) is 0 Å². The van der Waals surface area contributed by atoms with E-state index in [2.05, 4.69) is 24.9 Å². The fraction of sp³-hybridized carbons (Fsp3) is 0.476. The highest BCUT2D eigenvalue weighted by molar-refractivity contribution is 7.33. The minimum Gasteiger partial charge on any atom is -0.386 e. The lowest BCUT2D eigenvalue weighted by Crippen LogP contribution is -2.35. The molecule has 2 bridgehead atoms. The Labute approximate surface area is 235 Å². The number of hydrogen-bond donors (Lipinski definition) is 4. The first-order valence-electron chi connectivity index (χ1n) is 12.7. The van der Waals surface area contributed by atoms with Gasteiger partial charge in [0.1, 0.15) is 42.2 Å². The number of fused-ring (bicyclic) bond motifs is 5. The molecule has 0 spiro atoms. The topological polar surface area (TPSA) is 256 Å². The number of aromatic nitrogens is 7. The van der Waals surface area contributed by atoms with Gasteiger partial charge in [-0.1, -0.05) is 0 Å². The van der Waals surface area contributed by atoms with E-state index in [4.69, 9.17) is 39.0 Å². The molecule has 21 heteroatoms. The Bertz CT molecular complexity index is 1760. The smallest absolute Gasteiger partial charge is 0.319 e. The Hall–Kier alpha value is -3.25. The Kier molecular flexibility index (Phi) is 7.08. The second-order valence-electron chi connectivity index (χ2n) is 9.80. The van der Waals surface area contributed by atoms with Crippen LogP contribution in [-0.4, -0.2) is 82.9 Å². The van der Waals surface area contributed by atoms with Crippen molar-refractivity contribution in [3.8, 4) is 0 Å². The molecule has 7 rings (SSSR count). The van der Waals surface area contributed by atoms with Gasteiger partial charge in [-0.15, -0.1) is 0 Å². The second kappa shape index (κ2) is 10.8. The van der Waals surface area contributed by atoms with Gasteiger partial charge in [0.05, 0.1) is 31.0 Å². The number of nitrogens with zero attached hydrogens (tertiary/aromatic N) is 6. The monoisotopic (exact) mass is 625 g/mol. The summed E-state index contributed by atoms with van der Waals surface area (Å²) in [5.41, 5.74) is 11.6. The maximum atomic E-state index is 13.0. The first-order chi connectivity index (χ1) is 20.3. The number of nitrogen functional groups attached to an aromatic ring is 2. The number of aromatic amines is 1. The third-order valence-electron chi connectivity index (χ3n) is 7.23. The van der Waals surface area contributed by atoms with Crippen molar-refractivity contribution in [2.45, 2.75) is 49.4 Å². The van der Waals surface area contributed by atoms with Gasteiger partial charge in [-0.25, -0.2) is 15.0 Å². The van der Waals surface area contributed by atoms with E-state index < -0.39 is 65.0 Å². The van der Waals surface area contributed by atoms with Crippen LogP contribution in [0, 0.1) is 0 Å². The highest BCUT2D eigenvalue weighted by Gasteiger charge is 2.48. The number of nitrogens with two attached hydrogens (primary N) is 2. The third-order valence-corrected chi connectivity index (χ3v) is 8.99. The summed E-state index contributed by atoms with van der Waals surface area (Å²) in [5, 5.41) is 11.7. The summed E-state index contributed by atoms with van der Waals surface area (Å²) in [6, 6.07) is 1.67. The molecule has 4 aromatic heterocycles. The van der Waals surface area contributed by atoms with Gasteiger partial charge in [-0.3, -0.25) is 23.5 Å². The summed E-state index contributed by atoms with van der Waals surface area (Å²) in [6.07, 6.45) is -2.68. The average Bonchev–Trinajstić information content (AvgIpc) is 3.72. The van der Waals surface area contributed by atoms with Crippen LogP contribution in [0.1, 0.15) is 18.9 Å². The van der Waals surface area contributed by atoms with Gasteiger partial charge in [0.15, 0.2) is 23.6 Å². The van der Waals surface area contributed by atoms with E-state index in [0.717, 1.165) is 0 Å². The van der Waals surface area contributed by atoms with Crippen LogP contribution < -0.4 is 17.0 Å². The summed E-state index contributed by atoms with van der Waals surface area (Å²) >= 11 is 0. The van der Waals surface area contributed by atoms with Crippen LogP contribution in [0.25, 0.3) is 22.2 Å². The Morgan fingerprint density at radius 1 is 0.976 bits per heavy atom. The van der Waals surface area contributed by atoms with Crippen LogP contribution in [0.3, 0.4) is 0 Å². The Morgan fingerprint density at radius 2 is 1.79 bits per heavy atom. The van der Waals surface area contributed by atoms with Gasteiger partial charge >= 0.3 is 16.5 Å². The molecule has 7 heterocycles. The molecule has 9 atom stereocenters. The van der Waals surface area contributed by atoms with E-state index in [1.165, 1.54) is 21.8 Å². The normalized spacial score (nSPS) is 34.2. The molecule has 3 fully saturated rings. The van der Waals surface area contributed by atoms with Crippen molar-refractivity contribution in [1.29, 1.82) is 0 Å². The number of hydrogen-bond acceptors (Lipinski definition) is 16. The summed E-state index contributed by atoms with van der Waals surface area (Å²) < 4.78 is 63.3. The van der Waals surface area contributed by atoms with Crippen molar-refractivity contribution in [2.24, 2.45) is 0 Å². The average molecular weight is 625 g/mol. The molecule has 3 aliphatic rings. The highest BCUT2D eigenvalue weighted by atomic mass is 31.1. The number of anilines is 2. The standard InChI is InChI=1S/C21H25N9O10P2/c22-15-9-1-2-29(16(9)25-6-24-15)20-13(31)14-11(38-20)5-36-41(33)39-10-3-8(4-35-42(34)40-14)37-19(10)30-7-26-12-17(30)27-21(23)28-18(12)32/h1-2,6-8,10-11,13-14,19-20,31,41-42H,3-5H2,(H2,22,24,25)(H3,23,27,28,32)/t8-,10+,11+,13+,14+,19+,20+/m0/s1. The molecular weight excluding hydrogens is 600 g/mol. The number of nitrogens with one attached hydrogen (secondary N) is 1.